The molecule has 0 aromatic heterocycles. The van der Waals surface area contributed by atoms with E-state index in [2.05, 4.69) is 5.43 Å². The Hall–Kier alpha value is -2.41. The number of nitrogens with one attached hydrogen (secondary N) is 1. The van der Waals surface area contributed by atoms with E-state index in [9.17, 15) is 14.4 Å². The van der Waals surface area contributed by atoms with Crippen molar-refractivity contribution in [2.24, 2.45) is 11.8 Å². The summed E-state index contributed by atoms with van der Waals surface area (Å²) in [5.74, 6) is -1.64. The van der Waals surface area contributed by atoms with Crippen molar-refractivity contribution in [3.8, 4) is 5.75 Å². The Bertz CT molecular complexity index is 721. The van der Waals surface area contributed by atoms with Gasteiger partial charge in [0.1, 0.15) is 5.75 Å². The van der Waals surface area contributed by atoms with Gasteiger partial charge in [-0.05, 0) is 44.4 Å². The third-order valence-corrected chi connectivity index (χ3v) is 5.18. The molecular weight excluding hydrogens is 324 g/mol. The number of fused-ring (bicyclic) bond motifs is 5. The maximum absolute atomic E-state index is 12.5. The standard InChI is InChI=1S/C18H20N2O5/c1-9-4-3-5-11(8-9)24-10(2)16(21)19-20-17(22)14-12-6-7-13(25-12)15(14)18(20)23/h3-5,8,10,12-15H,6-7H2,1-2H3,(H,19,21)/t10-,12-,13-,14-,15-/m1/s1. The third kappa shape index (κ3) is 2.59. The Morgan fingerprint density at radius 3 is 2.48 bits per heavy atom. The van der Waals surface area contributed by atoms with Gasteiger partial charge in [0, 0.05) is 0 Å². The monoisotopic (exact) mass is 344 g/mol. The van der Waals surface area contributed by atoms with Gasteiger partial charge in [-0.1, -0.05) is 12.1 Å². The molecule has 3 amide bonds. The summed E-state index contributed by atoms with van der Waals surface area (Å²) in [6, 6.07) is 7.33. The number of ether oxygens (including phenoxy) is 2. The number of hydrazine groups is 1. The van der Waals surface area contributed by atoms with Crippen LogP contribution in [0.25, 0.3) is 0 Å². The van der Waals surface area contributed by atoms with Crippen LogP contribution in [0.2, 0.25) is 0 Å². The Balaban J connectivity index is 1.42. The minimum Gasteiger partial charge on any atom is -0.481 e. The summed E-state index contributed by atoms with van der Waals surface area (Å²) >= 11 is 0. The molecule has 3 saturated heterocycles. The second kappa shape index (κ2) is 5.84. The Morgan fingerprint density at radius 1 is 1.24 bits per heavy atom. The van der Waals surface area contributed by atoms with E-state index in [-0.39, 0.29) is 24.0 Å². The van der Waals surface area contributed by atoms with Crippen LogP contribution in [-0.2, 0) is 19.1 Å². The quantitative estimate of drug-likeness (QED) is 0.822. The van der Waals surface area contributed by atoms with Gasteiger partial charge in [-0.25, -0.2) is 0 Å². The predicted octanol–water partition coefficient (Wildman–Crippen LogP) is 0.956. The zero-order valence-corrected chi connectivity index (χ0v) is 14.1. The summed E-state index contributed by atoms with van der Waals surface area (Å²) in [5.41, 5.74) is 3.44. The molecule has 3 aliphatic heterocycles. The van der Waals surface area contributed by atoms with Gasteiger partial charge in [-0.3, -0.25) is 19.8 Å². The van der Waals surface area contributed by atoms with E-state index < -0.39 is 23.8 Å². The SMILES string of the molecule is Cc1cccc(O[C@H](C)C(=O)NN2C(=O)[C@H]3[C@H](C2=O)[C@H]2CC[C@H]3O2)c1. The molecule has 25 heavy (non-hydrogen) atoms. The number of hydrogen-bond acceptors (Lipinski definition) is 5. The molecule has 1 aromatic carbocycles. The highest BCUT2D eigenvalue weighted by Crippen LogP contribution is 2.48. The number of rotatable bonds is 4. The van der Waals surface area contributed by atoms with Crippen LogP contribution in [0.3, 0.4) is 0 Å². The highest BCUT2D eigenvalue weighted by molar-refractivity contribution is 6.07. The maximum atomic E-state index is 12.5. The van der Waals surface area contributed by atoms with Crippen molar-refractivity contribution < 1.29 is 23.9 Å². The molecule has 0 radical (unpaired) electrons. The second-order valence-corrected chi connectivity index (χ2v) is 6.91. The molecule has 0 saturated carbocycles. The second-order valence-electron chi connectivity index (χ2n) is 6.91. The van der Waals surface area contributed by atoms with Crippen LogP contribution < -0.4 is 10.2 Å². The molecule has 3 heterocycles. The summed E-state index contributed by atoms with van der Waals surface area (Å²) in [6.07, 6.45) is 0.346. The largest absolute Gasteiger partial charge is 0.481 e. The first-order chi connectivity index (χ1) is 12.0. The normalized spacial score (nSPS) is 31.2. The van der Waals surface area contributed by atoms with Crippen LogP contribution in [0.15, 0.2) is 24.3 Å². The molecule has 0 spiro atoms. The number of benzene rings is 1. The summed E-state index contributed by atoms with van der Waals surface area (Å²) in [6.45, 7) is 3.50. The minimum absolute atomic E-state index is 0.200. The fourth-order valence-corrected chi connectivity index (χ4v) is 3.97. The van der Waals surface area contributed by atoms with Crippen molar-refractivity contribution in [1.82, 2.24) is 10.4 Å². The van der Waals surface area contributed by atoms with Crippen molar-refractivity contribution in [2.75, 3.05) is 0 Å². The van der Waals surface area contributed by atoms with Gasteiger partial charge < -0.3 is 9.47 Å². The first-order valence-electron chi connectivity index (χ1n) is 8.53. The molecule has 5 atom stereocenters. The van der Waals surface area contributed by atoms with Crippen molar-refractivity contribution in [2.45, 2.75) is 45.0 Å². The highest BCUT2D eigenvalue weighted by atomic mass is 16.5. The lowest BCUT2D eigenvalue weighted by Gasteiger charge is -2.21. The van der Waals surface area contributed by atoms with E-state index in [0.717, 1.165) is 23.4 Å². The van der Waals surface area contributed by atoms with E-state index >= 15 is 0 Å². The van der Waals surface area contributed by atoms with E-state index in [0.29, 0.717) is 5.75 Å². The molecular formula is C18H20N2O5. The number of imide groups is 1. The topological polar surface area (TPSA) is 84.9 Å². The molecule has 3 aliphatic rings. The van der Waals surface area contributed by atoms with Crippen LogP contribution in [0.1, 0.15) is 25.3 Å². The fourth-order valence-electron chi connectivity index (χ4n) is 3.97. The van der Waals surface area contributed by atoms with Crippen molar-refractivity contribution >= 4 is 17.7 Å². The van der Waals surface area contributed by atoms with Gasteiger partial charge in [0.15, 0.2) is 6.10 Å². The number of aryl methyl sites for hydroxylation is 1. The molecule has 4 rings (SSSR count). The highest BCUT2D eigenvalue weighted by Gasteiger charge is 2.63. The van der Waals surface area contributed by atoms with Gasteiger partial charge in [0.05, 0.1) is 24.0 Å². The van der Waals surface area contributed by atoms with Crippen molar-refractivity contribution in [1.29, 1.82) is 0 Å². The number of hydrogen-bond donors (Lipinski definition) is 1. The summed E-state index contributed by atoms with van der Waals surface area (Å²) in [4.78, 5) is 37.4. The number of carbonyl (C=O) groups excluding carboxylic acids is 3. The molecule has 7 nitrogen and oxygen atoms in total. The van der Waals surface area contributed by atoms with Gasteiger partial charge in [0.25, 0.3) is 17.7 Å². The molecule has 0 unspecified atom stereocenters. The summed E-state index contributed by atoms with van der Waals surface area (Å²) in [7, 11) is 0. The van der Waals surface area contributed by atoms with Gasteiger partial charge in [-0.15, -0.1) is 0 Å². The van der Waals surface area contributed by atoms with E-state index in [4.69, 9.17) is 9.47 Å². The first-order valence-corrected chi connectivity index (χ1v) is 8.53. The molecule has 7 heteroatoms. The maximum Gasteiger partial charge on any atom is 0.279 e. The Morgan fingerprint density at radius 2 is 1.88 bits per heavy atom. The zero-order valence-electron chi connectivity index (χ0n) is 14.1. The van der Waals surface area contributed by atoms with E-state index in [1.54, 1.807) is 13.0 Å². The van der Waals surface area contributed by atoms with Crippen LogP contribution in [0.5, 0.6) is 5.75 Å². The van der Waals surface area contributed by atoms with Gasteiger partial charge in [-0.2, -0.15) is 5.01 Å². The smallest absolute Gasteiger partial charge is 0.279 e. The lowest BCUT2D eigenvalue weighted by Crippen LogP contribution is -2.51. The number of carbonyl (C=O) groups is 3. The van der Waals surface area contributed by atoms with Crippen LogP contribution in [0, 0.1) is 18.8 Å². The van der Waals surface area contributed by atoms with Gasteiger partial charge >= 0.3 is 0 Å². The molecule has 3 fully saturated rings. The summed E-state index contributed by atoms with van der Waals surface area (Å²) < 4.78 is 11.3. The number of nitrogens with zero attached hydrogens (tertiary/aromatic N) is 1. The fraction of sp³-hybridized carbons (Fsp3) is 0.500. The summed E-state index contributed by atoms with van der Waals surface area (Å²) in [5, 5.41) is 0.863. The van der Waals surface area contributed by atoms with Crippen molar-refractivity contribution in [3.05, 3.63) is 29.8 Å². The lowest BCUT2D eigenvalue weighted by atomic mass is 9.81. The molecule has 1 N–H and O–H groups in total. The van der Waals surface area contributed by atoms with Crippen LogP contribution in [0.4, 0.5) is 0 Å². The Kier molecular flexibility index (Phi) is 3.76. The molecule has 2 bridgehead atoms. The average molecular weight is 344 g/mol. The molecule has 1 aromatic rings. The predicted molar refractivity (Wildman–Crippen MR) is 86.1 cm³/mol. The lowest BCUT2D eigenvalue weighted by molar-refractivity contribution is -0.153. The zero-order chi connectivity index (χ0) is 17.7. The van der Waals surface area contributed by atoms with E-state index in [1.165, 1.54) is 0 Å². The van der Waals surface area contributed by atoms with Crippen LogP contribution in [-0.4, -0.2) is 41.0 Å². The van der Waals surface area contributed by atoms with Crippen LogP contribution >= 0.6 is 0 Å². The molecule has 132 valence electrons. The first kappa shape index (κ1) is 16.1. The third-order valence-electron chi connectivity index (χ3n) is 5.18. The average Bonchev–Trinajstić information content (AvgIpc) is 3.24. The van der Waals surface area contributed by atoms with E-state index in [1.807, 2.05) is 25.1 Å². The molecule has 0 aliphatic carbocycles. The minimum atomic E-state index is -0.837. The van der Waals surface area contributed by atoms with Gasteiger partial charge in [0.2, 0.25) is 0 Å². The Labute approximate surface area is 145 Å². The number of amides is 3. The van der Waals surface area contributed by atoms with Crippen molar-refractivity contribution in [3.63, 3.8) is 0 Å².